The van der Waals surface area contributed by atoms with Gasteiger partial charge in [-0.3, -0.25) is 4.90 Å². The molecule has 0 spiro atoms. The highest BCUT2D eigenvalue weighted by Crippen LogP contribution is 2.44. The van der Waals surface area contributed by atoms with Gasteiger partial charge in [0.25, 0.3) is 0 Å². The maximum atomic E-state index is 10.9. The van der Waals surface area contributed by atoms with Crippen LogP contribution in [0.2, 0.25) is 0 Å². The average molecular weight is 291 g/mol. The SMILES string of the molecule is CCOc1ccc2c(c1)OC(C)(C)C(N1CCCC1)C2O. The number of rotatable bonds is 3. The number of hydrogen-bond acceptors (Lipinski definition) is 4. The largest absolute Gasteiger partial charge is 0.494 e. The third-order valence-electron chi connectivity index (χ3n) is 4.53. The van der Waals surface area contributed by atoms with Gasteiger partial charge in [0.15, 0.2) is 0 Å². The van der Waals surface area contributed by atoms with Gasteiger partial charge in [0.1, 0.15) is 23.2 Å². The highest BCUT2D eigenvalue weighted by molar-refractivity contribution is 5.45. The zero-order valence-corrected chi connectivity index (χ0v) is 13.1. The molecule has 21 heavy (non-hydrogen) atoms. The van der Waals surface area contributed by atoms with Crippen LogP contribution < -0.4 is 9.47 Å². The van der Waals surface area contributed by atoms with Crippen molar-refractivity contribution in [2.45, 2.75) is 51.4 Å². The minimum atomic E-state index is -0.516. The number of fused-ring (bicyclic) bond motifs is 1. The standard InChI is InChI=1S/C17H25NO3/c1-4-20-12-7-8-13-14(11-12)21-17(2,3)16(15(13)19)18-9-5-6-10-18/h7-8,11,15-16,19H,4-6,9-10H2,1-3H3. The molecule has 0 aromatic heterocycles. The van der Waals surface area contributed by atoms with Gasteiger partial charge >= 0.3 is 0 Å². The van der Waals surface area contributed by atoms with E-state index in [9.17, 15) is 5.11 Å². The van der Waals surface area contributed by atoms with Gasteiger partial charge in [-0.15, -0.1) is 0 Å². The summed E-state index contributed by atoms with van der Waals surface area (Å²) in [5.74, 6) is 1.53. The fraction of sp³-hybridized carbons (Fsp3) is 0.647. The number of benzene rings is 1. The zero-order valence-electron chi connectivity index (χ0n) is 13.1. The van der Waals surface area contributed by atoms with Crippen LogP contribution in [0.4, 0.5) is 0 Å². The van der Waals surface area contributed by atoms with E-state index in [0.29, 0.717) is 6.61 Å². The van der Waals surface area contributed by atoms with E-state index in [4.69, 9.17) is 9.47 Å². The molecule has 3 rings (SSSR count). The van der Waals surface area contributed by atoms with Crippen molar-refractivity contribution in [3.05, 3.63) is 23.8 Å². The van der Waals surface area contributed by atoms with E-state index in [-0.39, 0.29) is 6.04 Å². The van der Waals surface area contributed by atoms with Crippen molar-refractivity contribution in [2.24, 2.45) is 0 Å². The first-order valence-corrected chi connectivity index (χ1v) is 7.91. The Morgan fingerprint density at radius 3 is 2.71 bits per heavy atom. The Morgan fingerprint density at radius 1 is 1.33 bits per heavy atom. The predicted octanol–water partition coefficient (Wildman–Crippen LogP) is 2.75. The molecule has 0 saturated carbocycles. The van der Waals surface area contributed by atoms with Crippen LogP contribution in [-0.2, 0) is 0 Å². The third kappa shape index (κ3) is 2.62. The lowest BCUT2D eigenvalue weighted by atomic mass is 9.85. The Bertz CT molecular complexity index is 509. The summed E-state index contributed by atoms with van der Waals surface area (Å²) in [7, 11) is 0. The van der Waals surface area contributed by atoms with E-state index in [1.807, 2.05) is 25.1 Å². The molecule has 1 saturated heterocycles. The molecule has 2 unspecified atom stereocenters. The molecule has 2 aliphatic rings. The molecule has 2 aliphatic heterocycles. The molecule has 1 aromatic rings. The van der Waals surface area contributed by atoms with E-state index in [0.717, 1.165) is 30.2 Å². The van der Waals surface area contributed by atoms with Crippen LogP contribution in [0.15, 0.2) is 18.2 Å². The van der Waals surface area contributed by atoms with Crippen LogP contribution in [0.25, 0.3) is 0 Å². The second-order valence-corrected chi connectivity index (χ2v) is 6.47. The van der Waals surface area contributed by atoms with Gasteiger partial charge < -0.3 is 14.6 Å². The summed E-state index contributed by atoms with van der Waals surface area (Å²) in [6.07, 6.45) is 1.89. The zero-order chi connectivity index (χ0) is 15.0. The van der Waals surface area contributed by atoms with E-state index in [1.165, 1.54) is 12.8 Å². The molecule has 0 bridgehead atoms. The smallest absolute Gasteiger partial charge is 0.129 e. The molecular weight excluding hydrogens is 266 g/mol. The van der Waals surface area contributed by atoms with Crippen molar-refractivity contribution in [1.29, 1.82) is 0 Å². The number of hydrogen-bond donors (Lipinski definition) is 1. The molecule has 0 amide bonds. The van der Waals surface area contributed by atoms with Crippen molar-refractivity contribution < 1.29 is 14.6 Å². The molecule has 2 atom stereocenters. The molecule has 116 valence electrons. The van der Waals surface area contributed by atoms with Gasteiger partial charge in [-0.1, -0.05) is 0 Å². The second-order valence-electron chi connectivity index (χ2n) is 6.47. The number of aliphatic hydroxyl groups excluding tert-OH is 1. The minimum absolute atomic E-state index is 0.00504. The van der Waals surface area contributed by atoms with E-state index in [2.05, 4.69) is 18.7 Å². The first kappa shape index (κ1) is 14.7. The summed E-state index contributed by atoms with van der Waals surface area (Å²) in [4.78, 5) is 2.37. The number of aliphatic hydroxyl groups is 1. The van der Waals surface area contributed by atoms with Crippen LogP contribution in [0.3, 0.4) is 0 Å². The second kappa shape index (κ2) is 5.50. The summed E-state index contributed by atoms with van der Waals surface area (Å²) in [5, 5.41) is 10.9. The van der Waals surface area contributed by atoms with Crippen molar-refractivity contribution >= 4 is 0 Å². The lowest BCUT2D eigenvalue weighted by molar-refractivity contribution is -0.0758. The monoisotopic (exact) mass is 291 g/mol. The van der Waals surface area contributed by atoms with Gasteiger partial charge in [-0.25, -0.2) is 0 Å². The van der Waals surface area contributed by atoms with Crippen molar-refractivity contribution in [2.75, 3.05) is 19.7 Å². The Balaban J connectivity index is 1.94. The summed E-state index contributed by atoms with van der Waals surface area (Å²) >= 11 is 0. The summed E-state index contributed by atoms with van der Waals surface area (Å²) in [5.41, 5.74) is 0.455. The normalized spacial score (nSPS) is 28.0. The van der Waals surface area contributed by atoms with E-state index in [1.54, 1.807) is 0 Å². The molecule has 1 aromatic carbocycles. The lowest BCUT2D eigenvalue weighted by Crippen LogP contribution is -2.57. The molecule has 1 fully saturated rings. The van der Waals surface area contributed by atoms with Gasteiger partial charge in [0.2, 0.25) is 0 Å². The highest BCUT2D eigenvalue weighted by Gasteiger charge is 2.46. The lowest BCUT2D eigenvalue weighted by Gasteiger charge is -2.47. The fourth-order valence-electron chi connectivity index (χ4n) is 3.66. The minimum Gasteiger partial charge on any atom is -0.494 e. The molecule has 0 radical (unpaired) electrons. The molecule has 4 heteroatoms. The first-order chi connectivity index (χ1) is 10.0. The van der Waals surface area contributed by atoms with Crippen molar-refractivity contribution in [3.63, 3.8) is 0 Å². The summed E-state index contributed by atoms with van der Waals surface area (Å²) in [6.45, 7) is 8.80. The maximum Gasteiger partial charge on any atom is 0.129 e. The van der Waals surface area contributed by atoms with Gasteiger partial charge in [0.05, 0.1) is 12.6 Å². The Morgan fingerprint density at radius 2 is 2.05 bits per heavy atom. The van der Waals surface area contributed by atoms with Gasteiger partial charge in [-0.05, 0) is 58.8 Å². The van der Waals surface area contributed by atoms with Gasteiger partial charge in [-0.2, -0.15) is 0 Å². The number of likely N-dealkylation sites (tertiary alicyclic amines) is 1. The molecule has 1 N–H and O–H groups in total. The summed E-state index contributed by atoms with van der Waals surface area (Å²) in [6, 6.07) is 5.74. The topological polar surface area (TPSA) is 41.9 Å². The van der Waals surface area contributed by atoms with E-state index < -0.39 is 11.7 Å². The maximum absolute atomic E-state index is 10.9. The predicted molar refractivity (Wildman–Crippen MR) is 81.9 cm³/mol. The number of nitrogens with zero attached hydrogens (tertiary/aromatic N) is 1. The van der Waals surface area contributed by atoms with E-state index >= 15 is 0 Å². The summed E-state index contributed by atoms with van der Waals surface area (Å²) < 4.78 is 11.7. The van der Waals surface area contributed by atoms with Crippen LogP contribution in [0, 0.1) is 0 Å². The molecule has 2 heterocycles. The Kier molecular flexibility index (Phi) is 3.84. The third-order valence-corrected chi connectivity index (χ3v) is 4.53. The Labute approximate surface area is 126 Å². The first-order valence-electron chi connectivity index (χ1n) is 7.91. The van der Waals surface area contributed by atoms with Gasteiger partial charge in [0, 0.05) is 11.6 Å². The van der Waals surface area contributed by atoms with Crippen molar-refractivity contribution in [3.8, 4) is 11.5 Å². The highest BCUT2D eigenvalue weighted by atomic mass is 16.5. The van der Waals surface area contributed by atoms with Crippen LogP contribution in [0.1, 0.15) is 45.3 Å². The number of ether oxygens (including phenoxy) is 2. The van der Waals surface area contributed by atoms with Crippen LogP contribution in [0.5, 0.6) is 11.5 Å². The quantitative estimate of drug-likeness (QED) is 0.930. The molecular formula is C17H25NO3. The fourth-order valence-corrected chi connectivity index (χ4v) is 3.66. The van der Waals surface area contributed by atoms with Crippen LogP contribution in [-0.4, -0.2) is 41.3 Å². The molecule has 4 nitrogen and oxygen atoms in total. The Hall–Kier alpha value is -1.26. The molecule has 0 aliphatic carbocycles. The van der Waals surface area contributed by atoms with Crippen LogP contribution >= 0.6 is 0 Å². The average Bonchev–Trinajstić information content (AvgIpc) is 2.91. The van der Waals surface area contributed by atoms with Crippen molar-refractivity contribution in [1.82, 2.24) is 4.90 Å².